The van der Waals surface area contributed by atoms with Crippen molar-refractivity contribution in [2.45, 2.75) is 24.3 Å². The van der Waals surface area contributed by atoms with E-state index in [0.29, 0.717) is 23.0 Å². The summed E-state index contributed by atoms with van der Waals surface area (Å²) in [7, 11) is 0. The predicted octanol–water partition coefficient (Wildman–Crippen LogP) is 4.56. The molecule has 0 spiro atoms. The van der Waals surface area contributed by atoms with Crippen molar-refractivity contribution in [2.75, 3.05) is 0 Å². The molecule has 0 aliphatic heterocycles. The quantitative estimate of drug-likeness (QED) is 0.271. The maximum atomic E-state index is 10.9. The van der Waals surface area contributed by atoms with Crippen LogP contribution in [-0.2, 0) is 12.2 Å². The van der Waals surface area contributed by atoms with E-state index in [-0.39, 0.29) is 5.69 Å². The molecule has 0 atom stereocenters. The van der Waals surface area contributed by atoms with Gasteiger partial charge in [-0.25, -0.2) is 4.98 Å². The first-order chi connectivity index (χ1) is 14.1. The Balaban J connectivity index is 1.42. The van der Waals surface area contributed by atoms with Gasteiger partial charge in [0.25, 0.3) is 5.69 Å². The standard InChI is InChI=1S/C20H17N5O3S/c1-13-17(10-14-6-3-2-4-7-14)22-20(21-13)29-12-18-23-19(24-28-18)15-8-5-9-16(11-15)25(26)27/h2-9,11H,10,12H2,1H3,(H,21,22). The molecule has 0 aliphatic carbocycles. The zero-order valence-electron chi connectivity index (χ0n) is 15.5. The van der Waals surface area contributed by atoms with Crippen molar-refractivity contribution in [3.63, 3.8) is 0 Å². The topological polar surface area (TPSA) is 111 Å². The Labute approximate surface area is 170 Å². The molecule has 2 aromatic heterocycles. The van der Waals surface area contributed by atoms with E-state index < -0.39 is 4.92 Å². The molecule has 4 aromatic rings. The second-order valence-corrected chi connectivity index (χ2v) is 7.35. The fourth-order valence-electron chi connectivity index (χ4n) is 2.82. The molecule has 0 saturated heterocycles. The first-order valence-corrected chi connectivity index (χ1v) is 9.86. The second-order valence-electron chi connectivity index (χ2n) is 6.38. The van der Waals surface area contributed by atoms with E-state index in [1.807, 2.05) is 25.1 Å². The summed E-state index contributed by atoms with van der Waals surface area (Å²) in [6.45, 7) is 2.00. The molecule has 2 heterocycles. The van der Waals surface area contributed by atoms with E-state index in [0.717, 1.165) is 23.0 Å². The number of imidazole rings is 1. The number of aromatic amines is 1. The molecular formula is C20H17N5O3S. The Hall–Kier alpha value is -3.46. The molecule has 0 bridgehead atoms. The second kappa shape index (κ2) is 8.27. The number of nitro groups is 1. The molecule has 0 saturated carbocycles. The summed E-state index contributed by atoms with van der Waals surface area (Å²) in [4.78, 5) is 22.7. The number of rotatable bonds is 7. The van der Waals surface area contributed by atoms with Gasteiger partial charge in [0.05, 0.1) is 16.4 Å². The minimum absolute atomic E-state index is 0.0137. The van der Waals surface area contributed by atoms with E-state index in [9.17, 15) is 10.1 Å². The lowest BCUT2D eigenvalue weighted by Gasteiger charge is -1.98. The van der Waals surface area contributed by atoms with Crippen LogP contribution in [0.1, 0.15) is 22.8 Å². The van der Waals surface area contributed by atoms with Gasteiger partial charge < -0.3 is 9.51 Å². The summed E-state index contributed by atoms with van der Waals surface area (Å²) in [5, 5.41) is 15.6. The molecule has 146 valence electrons. The molecule has 8 nitrogen and oxygen atoms in total. The smallest absolute Gasteiger partial charge is 0.270 e. The van der Waals surface area contributed by atoms with Gasteiger partial charge in [0.15, 0.2) is 5.16 Å². The number of thioether (sulfide) groups is 1. The number of hydrogen-bond acceptors (Lipinski definition) is 7. The van der Waals surface area contributed by atoms with E-state index in [1.54, 1.807) is 12.1 Å². The van der Waals surface area contributed by atoms with Gasteiger partial charge in [-0.1, -0.05) is 59.4 Å². The highest BCUT2D eigenvalue weighted by Gasteiger charge is 2.14. The Morgan fingerprint density at radius 3 is 2.76 bits per heavy atom. The summed E-state index contributed by atoms with van der Waals surface area (Å²) in [6, 6.07) is 16.3. The summed E-state index contributed by atoms with van der Waals surface area (Å²) < 4.78 is 5.28. The lowest BCUT2D eigenvalue weighted by Crippen LogP contribution is -1.90. The molecule has 29 heavy (non-hydrogen) atoms. The van der Waals surface area contributed by atoms with Gasteiger partial charge >= 0.3 is 0 Å². The van der Waals surface area contributed by atoms with Crippen molar-refractivity contribution in [1.82, 2.24) is 20.1 Å². The minimum Gasteiger partial charge on any atom is -0.338 e. The van der Waals surface area contributed by atoms with E-state index in [2.05, 4.69) is 32.2 Å². The largest absolute Gasteiger partial charge is 0.338 e. The monoisotopic (exact) mass is 407 g/mol. The minimum atomic E-state index is -0.452. The summed E-state index contributed by atoms with van der Waals surface area (Å²) in [5.41, 5.74) is 3.76. The maximum Gasteiger partial charge on any atom is 0.270 e. The van der Waals surface area contributed by atoms with Crippen LogP contribution in [0.25, 0.3) is 11.4 Å². The van der Waals surface area contributed by atoms with Crippen LogP contribution in [0, 0.1) is 17.0 Å². The summed E-state index contributed by atoms with van der Waals surface area (Å²) in [5.74, 6) is 1.19. The number of H-pyrrole nitrogens is 1. The Kier molecular flexibility index (Phi) is 5.39. The van der Waals surface area contributed by atoms with Crippen molar-refractivity contribution in [3.05, 3.63) is 87.6 Å². The lowest BCUT2D eigenvalue weighted by atomic mass is 10.1. The number of non-ortho nitro benzene ring substituents is 1. The zero-order chi connectivity index (χ0) is 20.2. The van der Waals surface area contributed by atoms with Crippen LogP contribution in [0.15, 0.2) is 64.3 Å². The molecule has 9 heteroatoms. The van der Waals surface area contributed by atoms with Crippen LogP contribution in [0.4, 0.5) is 5.69 Å². The Morgan fingerprint density at radius 2 is 1.97 bits per heavy atom. The predicted molar refractivity (Wildman–Crippen MR) is 109 cm³/mol. The number of nitrogens with one attached hydrogen (secondary N) is 1. The van der Waals surface area contributed by atoms with Crippen molar-refractivity contribution >= 4 is 17.4 Å². The third-order valence-electron chi connectivity index (χ3n) is 4.29. The molecular weight excluding hydrogens is 390 g/mol. The lowest BCUT2D eigenvalue weighted by molar-refractivity contribution is -0.384. The average Bonchev–Trinajstić information content (AvgIpc) is 3.34. The summed E-state index contributed by atoms with van der Waals surface area (Å²) in [6.07, 6.45) is 0.765. The highest BCUT2D eigenvalue weighted by Crippen LogP contribution is 2.25. The van der Waals surface area contributed by atoms with Gasteiger partial charge in [-0.05, 0) is 12.5 Å². The number of aromatic nitrogens is 4. The molecule has 0 fully saturated rings. The summed E-state index contributed by atoms with van der Waals surface area (Å²) >= 11 is 1.46. The van der Waals surface area contributed by atoms with E-state index >= 15 is 0 Å². The third-order valence-corrected chi connectivity index (χ3v) is 5.15. The third kappa shape index (κ3) is 4.52. The van der Waals surface area contributed by atoms with Crippen LogP contribution in [0.2, 0.25) is 0 Å². The molecule has 4 rings (SSSR count). The SMILES string of the molecule is Cc1[nH]c(SCc2nc(-c3cccc([N+](=O)[O-])c3)no2)nc1Cc1ccccc1. The van der Waals surface area contributed by atoms with Crippen LogP contribution in [-0.4, -0.2) is 25.0 Å². The first-order valence-electron chi connectivity index (χ1n) is 8.88. The van der Waals surface area contributed by atoms with Gasteiger partial charge in [-0.2, -0.15) is 4.98 Å². The molecule has 2 aromatic carbocycles. The van der Waals surface area contributed by atoms with Crippen LogP contribution >= 0.6 is 11.8 Å². The van der Waals surface area contributed by atoms with Crippen LogP contribution in [0.5, 0.6) is 0 Å². The van der Waals surface area contributed by atoms with Gasteiger partial charge in [0, 0.05) is 29.8 Å². The number of aryl methyl sites for hydroxylation is 1. The van der Waals surface area contributed by atoms with Crippen molar-refractivity contribution in [3.8, 4) is 11.4 Å². The van der Waals surface area contributed by atoms with Crippen LogP contribution in [0.3, 0.4) is 0 Å². The van der Waals surface area contributed by atoms with E-state index in [1.165, 1.54) is 29.5 Å². The zero-order valence-corrected chi connectivity index (χ0v) is 16.3. The fourth-order valence-corrected chi connectivity index (χ4v) is 3.59. The average molecular weight is 407 g/mol. The molecule has 1 N–H and O–H groups in total. The maximum absolute atomic E-state index is 10.9. The van der Waals surface area contributed by atoms with Crippen molar-refractivity contribution < 1.29 is 9.45 Å². The number of nitro benzene ring substituents is 1. The first kappa shape index (κ1) is 18.9. The number of nitrogens with zero attached hydrogens (tertiary/aromatic N) is 4. The van der Waals surface area contributed by atoms with Gasteiger partial charge in [-0.15, -0.1) is 0 Å². The van der Waals surface area contributed by atoms with Gasteiger partial charge in [0.1, 0.15) is 0 Å². The fraction of sp³-hybridized carbons (Fsp3) is 0.150. The molecule has 0 amide bonds. The van der Waals surface area contributed by atoms with Crippen molar-refractivity contribution in [2.24, 2.45) is 0 Å². The highest BCUT2D eigenvalue weighted by molar-refractivity contribution is 7.98. The van der Waals surface area contributed by atoms with Crippen LogP contribution < -0.4 is 0 Å². The van der Waals surface area contributed by atoms with Crippen molar-refractivity contribution in [1.29, 1.82) is 0 Å². The number of hydrogen-bond donors (Lipinski definition) is 1. The number of benzene rings is 2. The molecule has 0 radical (unpaired) electrons. The molecule has 0 unspecified atom stereocenters. The van der Waals surface area contributed by atoms with E-state index in [4.69, 9.17) is 4.52 Å². The Morgan fingerprint density at radius 1 is 1.14 bits per heavy atom. The molecule has 0 aliphatic rings. The Bertz CT molecular complexity index is 1140. The van der Waals surface area contributed by atoms with Gasteiger partial charge in [0.2, 0.25) is 11.7 Å². The van der Waals surface area contributed by atoms with Gasteiger partial charge in [-0.3, -0.25) is 10.1 Å². The normalized spacial score (nSPS) is 10.9. The highest BCUT2D eigenvalue weighted by atomic mass is 32.2.